The molecule has 0 aromatic carbocycles. The van der Waals surface area contributed by atoms with Crippen LogP contribution in [0.15, 0.2) is 158 Å². The Labute approximate surface area is 505 Å². The summed E-state index contributed by atoms with van der Waals surface area (Å²) in [6.45, 7) is 6.33. The van der Waals surface area contributed by atoms with Crippen molar-refractivity contribution in [2.24, 2.45) is 0 Å². The van der Waals surface area contributed by atoms with Crippen molar-refractivity contribution in [1.82, 2.24) is 0 Å². The van der Waals surface area contributed by atoms with Crippen molar-refractivity contribution in [3.05, 3.63) is 158 Å². The van der Waals surface area contributed by atoms with Crippen LogP contribution >= 0.6 is 0 Å². The fourth-order valence-corrected chi connectivity index (χ4v) is 8.84. The van der Waals surface area contributed by atoms with Gasteiger partial charge in [-0.1, -0.05) is 294 Å². The second kappa shape index (κ2) is 68.5. The Morgan fingerprint density at radius 1 is 0.256 bits per heavy atom. The number of rotatable bonds is 59. The maximum atomic E-state index is 12.9. The largest absolute Gasteiger partial charge is 0.462 e. The van der Waals surface area contributed by atoms with E-state index in [4.69, 9.17) is 14.2 Å². The van der Waals surface area contributed by atoms with E-state index in [0.717, 1.165) is 161 Å². The predicted molar refractivity (Wildman–Crippen MR) is 357 cm³/mol. The summed E-state index contributed by atoms with van der Waals surface area (Å²) in [6, 6.07) is 0. The third-order valence-electron chi connectivity index (χ3n) is 13.8. The van der Waals surface area contributed by atoms with Crippen LogP contribution in [0.5, 0.6) is 0 Å². The number of carbonyl (C=O) groups is 3. The van der Waals surface area contributed by atoms with Gasteiger partial charge in [0.15, 0.2) is 6.10 Å². The van der Waals surface area contributed by atoms with Crippen LogP contribution in [0.1, 0.15) is 284 Å². The lowest BCUT2D eigenvalue weighted by Gasteiger charge is -2.18. The minimum atomic E-state index is -0.794. The number of hydrogen-bond donors (Lipinski definition) is 0. The number of unbranched alkanes of at least 4 members (excludes halogenated alkanes) is 22. The van der Waals surface area contributed by atoms with E-state index in [1.807, 2.05) is 0 Å². The molecular weight excluding hydrogens is 1010 g/mol. The van der Waals surface area contributed by atoms with E-state index in [1.54, 1.807) is 0 Å². The first-order chi connectivity index (χ1) is 40.5. The van der Waals surface area contributed by atoms with Gasteiger partial charge in [0, 0.05) is 19.3 Å². The van der Waals surface area contributed by atoms with Gasteiger partial charge in [-0.05, 0) is 128 Å². The molecule has 0 aromatic heterocycles. The minimum Gasteiger partial charge on any atom is -0.462 e. The first-order valence-electron chi connectivity index (χ1n) is 33.5. The zero-order chi connectivity index (χ0) is 59.2. The van der Waals surface area contributed by atoms with Gasteiger partial charge in [-0.2, -0.15) is 0 Å². The van der Waals surface area contributed by atoms with E-state index in [-0.39, 0.29) is 31.1 Å². The summed E-state index contributed by atoms with van der Waals surface area (Å²) >= 11 is 0. The fourth-order valence-electron chi connectivity index (χ4n) is 8.84. The maximum absolute atomic E-state index is 12.9. The topological polar surface area (TPSA) is 78.9 Å². The third-order valence-corrected chi connectivity index (χ3v) is 13.8. The molecule has 0 aliphatic heterocycles. The number of ether oxygens (including phenoxy) is 3. The Bertz CT molecular complexity index is 1830. The van der Waals surface area contributed by atoms with E-state index >= 15 is 0 Å². The lowest BCUT2D eigenvalue weighted by atomic mass is 10.0. The second-order valence-electron chi connectivity index (χ2n) is 21.6. The monoisotopic (exact) mass is 1130 g/mol. The van der Waals surface area contributed by atoms with Crippen LogP contribution in [-0.4, -0.2) is 37.2 Å². The average molecular weight is 1130 g/mol. The SMILES string of the molecule is CC/C=C\C/C=C\C/C=C\C/C=C\C/C=C\C/C=C\C/C=C\CCCCCCCC(=O)OC(COC(=O)CCCCCCCC)COC(=O)CCCCCCCCCCCCCC/C=C\C/C=C\C/C=C\C/C=C\C/C=C\C/C=C\CC. The molecule has 0 rings (SSSR count). The molecule has 0 saturated carbocycles. The summed E-state index contributed by atoms with van der Waals surface area (Å²) in [5.74, 6) is -0.923. The van der Waals surface area contributed by atoms with Gasteiger partial charge in [0.1, 0.15) is 13.2 Å². The molecule has 1 atom stereocenters. The van der Waals surface area contributed by atoms with Crippen molar-refractivity contribution >= 4 is 17.9 Å². The molecule has 0 aliphatic rings. The lowest BCUT2D eigenvalue weighted by Crippen LogP contribution is -2.30. The van der Waals surface area contributed by atoms with Gasteiger partial charge in [0.25, 0.3) is 0 Å². The summed E-state index contributed by atoms with van der Waals surface area (Å²) in [5.41, 5.74) is 0. The molecule has 6 heteroatoms. The van der Waals surface area contributed by atoms with Crippen molar-refractivity contribution < 1.29 is 28.6 Å². The highest BCUT2D eigenvalue weighted by molar-refractivity contribution is 5.71. The zero-order valence-electron chi connectivity index (χ0n) is 52.9. The summed E-state index contributed by atoms with van der Waals surface area (Å²) in [4.78, 5) is 38.1. The second-order valence-corrected chi connectivity index (χ2v) is 21.6. The molecule has 1 unspecified atom stereocenters. The van der Waals surface area contributed by atoms with Gasteiger partial charge in [0.05, 0.1) is 0 Å². The molecule has 82 heavy (non-hydrogen) atoms. The van der Waals surface area contributed by atoms with E-state index in [0.29, 0.717) is 19.3 Å². The average Bonchev–Trinajstić information content (AvgIpc) is 3.47. The molecule has 0 saturated heterocycles. The molecular formula is C76H122O6. The van der Waals surface area contributed by atoms with Gasteiger partial charge in [0.2, 0.25) is 0 Å². The lowest BCUT2D eigenvalue weighted by molar-refractivity contribution is -0.167. The highest BCUT2D eigenvalue weighted by Gasteiger charge is 2.19. The van der Waals surface area contributed by atoms with Gasteiger partial charge >= 0.3 is 17.9 Å². The van der Waals surface area contributed by atoms with Crippen LogP contribution < -0.4 is 0 Å². The zero-order valence-corrected chi connectivity index (χ0v) is 52.9. The summed E-state index contributed by atoms with van der Waals surface area (Å²) in [7, 11) is 0. The van der Waals surface area contributed by atoms with Crippen LogP contribution in [0.3, 0.4) is 0 Å². The van der Waals surface area contributed by atoms with Gasteiger partial charge in [-0.15, -0.1) is 0 Å². The van der Waals surface area contributed by atoms with E-state index < -0.39 is 6.10 Å². The first kappa shape index (κ1) is 77.0. The Hall–Kier alpha value is -4.97. The van der Waals surface area contributed by atoms with E-state index in [2.05, 4.69) is 179 Å². The Morgan fingerprint density at radius 2 is 0.476 bits per heavy atom. The van der Waals surface area contributed by atoms with Gasteiger partial charge in [-0.3, -0.25) is 14.4 Å². The van der Waals surface area contributed by atoms with Crippen LogP contribution in [0, 0.1) is 0 Å². The molecule has 0 heterocycles. The summed E-state index contributed by atoms with van der Waals surface area (Å²) in [6.07, 6.45) is 100. The molecule has 0 bridgehead atoms. The van der Waals surface area contributed by atoms with Gasteiger partial charge < -0.3 is 14.2 Å². The first-order valence-corrected chi connectivity index (χ1v) is 33.5. The van der Waals surface area contributed by atoms with Crippen LogP contribution in [0.2, 0.25) is 0 Å². The quantitative estimate of drug-likeness (QED) is 0.0261. The number of allylic oxidation sites excluding steroid dienone is 26. The molecule has 0 radical (unpaired) electrons. The van der Waals surface area contributed by atoms with Crippen molar-refractivity contribution in [3.63, 3.8) is 0 Å². The standard InChI is InChI=1S/C76H122O6/c1-4-7-10-13-16-18-20-22-24-26-28-30-32-34-36-37-38-39-41-42-44-46-48-50-52-54-56-58-60-63-66-69-75(78)81-72-73(71-80-74(77)68-65-62-15-12-9-6-3)82-76(79)70-67-64-61-59-57-55-53-51-49-47-45-43-40-35-33-31-29-27-25-23-21-19-17-14-11-8-5-2/h7-8,10-11,16-19,22-25,28-31,34-36,38-40,45,47,51,53,73H,4-6,9,12-15,20-21,26-27,32-33,37,41-44,46,48-50,52,54-72H2,1-3H3/b10-7-,11-8-,18-16-,19-17-,24-22-,25-23-,30-28-,31-29-,36-34-,39-38-,40-35-,47-45-,53-51-. The number of hydrogen-bond acceptors (Lipinski definition) is 6. The van der Waals surface area contributed by atoms with Crippen molar-refractivity contribution in [2.45, 2.75) is 290 Å². The highest BCUT2D eigenvalue weighted by atomic mass is 16.6. The molecule has 0 N–H and O–H groups in total. The Morgan fingerprint density at radius 3 is 0.744 bits per heavy atom. The normalized spacial score (nSPS) is 13.2. The van der Waals surface area contributed by atoms with Crippen molar-refractivity contribution in [3.8, 4) is 0 Å². The number of esters is 3. The smallest absolute Gasteiger partial charge is 0.306 e. The van der Waals surface area contributed by atoms with Crippen molar-refractivity contribution in [2.75, 3.05) is 13.2 Å². The fraction of sp³-hybridized carbons (Fsp3) is 0.618. The molecule has 0 fully saturated rings. The minimum absolute atomic E-state index is 0.0909. The Balaban J connectivity index is 4.15. The van der Waals surface area contributed by atoms with Crippen LogP contribution in [0.25, 0.3) is 0 Å². The molecule has 0 spiro atoms. The Kier molecular flexibility index (Phi) is 64.4. The molecule has 0 aromatic rings. The summed E-state index contributed by atoms with van der Waals surface area (Å²) < 4.78 is 16.8. The maximum Gasteiger partial charge on any atom is 0.306 e. The highest BCUT2D eigenvalue weighted by Crippen LogP contribution is 2.15. The number of carbonyl (C=O) groups excluding carboxylic acids is 3. The predicted octanol–water partition coefficient (Wildman–Crippen LogP) is 23.3. The summed E-state index contributed by atoms with van der Waals surface area (Å²) in [5, 5.41) is 0. The molecule has 6 nitrogen and oxygen atoms in total. The molecule has 0 aliphatic carbocycles. The van der Waals surface area contributed by atoms with E-state index in [1.165, 1.54) is 83.5 Å². The van der Waals surface area contributed by atoms with Gasteiger partial charge in [-0.25, -0.2) is 0 Å². The molecule has 462 valence electrons. The third kappa shape index (κ3) is 65.8. The van der Waals surface area contributed by atoms with Crippen LogP contribution in [0.4, 0.5) is 0 Å². The van der Waals surface area contributed by atoms with Crippen molar-refractivity contribution in [1.29, 1.82) is 0 Å². The van der Waals surface area contributed by atoms with E-state index in [9.17, 15) is 14.4 Å². The van der Waals surface area contributed by atoms with Crippen LogP contribution in [-0.2, 0) is 28.6 Å². The molecule has 0 amide bonds.